The summed E-state index contributed by atoms with van der Waals surface area (Å²) >= 11 is 0. The number of hydrogen-bond acceptors (Lipinski definition) is 9. The summed E-state index contributed by atoms with van der Waals surface area (Å²) in [5.74, 6) is 0.881. The molecular weight excluding hydrogens is 426 g/mol. The predicted octanol–water partition coefficient (Wildman–Crippen LogP) is 1.55. The molecule has 0 saturated heterocycles. The molecule has 0 spiro atoms. The Bertz CT molecular complexity index is 1130. The molecule has 1 aliphatic rings. The molecule has 0 fully saturated rings. The molecule has 10 nitrogen and oxygen atoms in total. The molecule has 0 saturated carbocycles. The minimum atomic E-state index is -3.96. The quantitative estimate of drug-likeness (QED) is 0.436. The van der Waals surface area contributed by atoms with Gasteiger partial charge in [-0.1, -0.05) is 0 Å². The third-order valence-electron chi connectivity index (χ3n) is 4.55. The molecule has 1 heterocycles. The van der Waals surface area contributed by atoms with Crippen LogP contribution in [-0.4, -0.2) is 66.5 Å². The van der Waals surface area contributed by atoms with Crippen molar-refractivity contribution in [1.29, 1.82) is 0 Å². The molecule has 166 valence electrons. The predicted molar refractivity (Wildman–Crippen MR) is 114 cm³/mol. The van der Waals surface area contributed by atoms with Crippen LogP contribution in [0.1, 0.15) is 11.1 Å². The summed E-state index contributed by atoms with van der Waals surface area (Å²) in [5.41, 5.74) is 4.12. The first-order valence-corrected chi connectivity index (χ1v) is 10.5. The second-order valence-corrected chi connectivity index (χ2v) is 8.03. The lowest BCUT2D eigenvalue weighted by molar-refractivity contribution is 0.186. The van der Waals surface area contributed by atoms with Gasteiger partial charge in [-0.25, -0.2) is 0 Å². The fraction of sp³-hybridized carbons (Fsp3) is 0.300. The SMILES string of the molecule is COCC(N/N=C/c1ccc(O)c(OC)c1)C1=NS(=O)(=O)c2c(OC)cc(OC)cc21. The number of hydrazone groups is 1. The number of phenolic OH excluding ortho intramolecular Hbond substituents is 1. The Morgan fingerprint density at radius 2 is 1.84 bits per heavy atom. The van der Waals surface area contributed by atoms with Gasteiger partial charge in [0.15, 0.2) is 11.5 Å². The molecule has 2 N–H and O–H groups in total. The van der Waals surface area contributed by atoms with Crippen molar-refractivity contribution in [3.63, 3.8) is 0 Å². The highest BCUT2D eigenvalue weighted by Crippen LogP contribution is 2.38. The number of methoxy groups -OCH3 is 4. The molecular formula is C20H23N3O7S. The maximum Gasteiger partial charge on any atom is 0.287 e. The summed E-state index contributed by atoms with van der Waals surface area (Å²) in [6, 6.07) is 7.14. The number of hydrogen-bond donors (Lipinski definition) is 2. The molecule has 1 aliphatic heterocycles. The van der Waals surface area contributed by atoms with Crippen LogP contribution in [0.3, 0.4) is 0 Å². The standard InChI is InChI=1S/C20H23N3O7S/c1-27-11-15(22-21-10-12-5-6-16(24)17(7-12)29-3)19-14-8-13(28-2)9-18(30-4)20(14)31(25,26)23-19/h5-10,15,22,24H,11H2,1-4H3/b21-10+. The van der Waals surface area contributed by atoms with E-state index in [1.807, 2.05) is 0 Å². The van der Waals surface area contributed by atoms with E-state index in [-0.39, 0.29) is 28.7 Å². The molecule has 11 heteroatoms. The largest absolute Gasteiger partial charge is 0.504 e. The number of ether oxygens (including phenoxy) is 4. The summed E-state index contributed by atoms with van der Waals surface area (Å²) in [6.07, 6.45) is 1.50. The number of nitrogens with one attached hydrogen (secondary N) is 1. The van der Waals surface area contributed by atoms with Crippen LogP contribution in [0.5, 0.6) is 23.0 Å². The number of rotatable bonds is 9. The Kier molecular flexibility index (Phi) is 6.66. The van der Waals surface area contributed by atoms with Crippen molar-refractivity contribution in [3.05, 3.63) is 41.5 Å². The number of nitrogens with zero attached hydrogens (tertiary/aromatic N) is 2. The Morgan fingerprint density at radius 1 is 1.10 bits per heavy atom. The smallest absolute Gasteiger partial charge is 0.287 e. The number of sulfonamides is 1. The summed E-state index contributed by atoms with van der Waals surface area (Å²) < 4.78 is 50.2. The van der Waals surface area contributed by atoms with Crippen LogP contribution in [-0.2, 0) is 14.8 Å². The number of fused-ring (bicyclic) bond motifs is 1. The van der Waals surface area contributed by atoms with Crippen molar-refractivity contribution in [1.82, 2.24) is 5.43 Å². The average molecular weight is 449 g/mol. The molecule has 1 atom stereocenters. The molecule has 3 rings (SSSR count). The van der Waals surface area contributed by atoms with Gasteiger partial charge in [-0.3, -0.25) is 5.43 Å². The Morgan fingerprint density at radius 3 is 2.48 bits per heavy atom. The summed E-state index contributed by atoms with van der Waals surface area (Å²) in [5, 5.41) is 13.9. The number of aromatic hydroxyl groups is 1. The second-order valence-electron chi connectivity index (χ2n) is 6.48. The van der Waals surface area contributed by atoms with E-state index in [0.29, 0.717) is 22.6 Å². The minimum Gasteiger partial charge on any atom is -0.504 e. The van der Waals surface area contributed by atoms with Crippen LogP contribution < -0.4 is 19.6 Å². The van der Waals surface area contributed by atoms with Gasteiger partial charge in [-0.15, -0.1) is 0 Å². The van der Waals surface area contributed by atoms with Gasteiger partial charge in [0.1, 0.15) is 22.4 Å². The normalized spacial score (nSPS) is 15.3. The molecule has 0 amide bonds. The Labute approximate surface area is 180 Å². The van der Waals surface area contributed by atoms with E-state index in [9.17, 15) is 13.5 Å². The van der Waals surface area contributed by atoms with Crippen molar-refractivity contribution < 1.29 is 32.5 Å². The van der Waals surface area contributed by atoms with E-state index in [1.165, 1.54) is 46.8 Å². The monoisotopic (exact) mass is 449 g/mol. The molecule has 2 aromatic carbocycles. The van der Waals surface area contributed by atoms with Crippen LogP contribution >= 0.6 is 0 Å². The highest BCUT2D eigenvalue weighted by atomic mass is 32.2. The van der Waals surface area contributed by atoms with Gasteiger partial charge < -0.3 is 24.1 Å². The lowest BCUT2D eigenvalue weighted by atomic mass is 10.0. The molecule has 0 aliphatic carbocycles. The molecule has 1 unspecified atom stereocenters. The van der Waals surface area contributed by atoms with Gasteiger partial charge in [-0.2, -0.15) is 17.9 Å². The van der Waals surface area contributed by atoms with Crippen molar-refractivity contribution >= 4 is 21.9 Å². The van der Waals surface area contributed by atoms with E-state index >= 15 is 0 Å². The minimum absolute atomic E-state index is 0.00916. The number of benzene rings is 2. The van der Waals surface area contributed by atoms with E-state index in [4.69, 9.17) is 18.9 Å². The molecule has 2 aromatic rings. The van der Waals surface area contributed by atoms with Crippen LogP contribution in [0.2, 0.25) is 0 Å². The molecule has 0 bridgehead atoms. The first kappa shape index (κ1) is 22.4. The molecule has 0 radical (unpaired) electrons. The number of phenols is 1. The maximum atomic E-state index is 12.7. The zero-order valence-corrected chi connectivity index (χ0v) is 18.3. The van der Waals surface area contributed by atoms with Gasteiger partial charge >= 0.3 is 0 Å². The van der Waals surface area contributed by atoms with E-state index < -0.39 is 16.1 Å². The van der Waals surface area contributed by atoms with Gasteiger partial charge in [0.2, 0.25) is 0 Å². The Hall–Kier alpha value is -3.31. The maximum absolute atomic E-state index is 12.7. The fourth-order valence-electron chi connectivity index (χ4n) is 3.10. The van der Waals surface area contributed by atoms with E-state index in [2.05, 4.69) is 14.9 Å². The highest BCUT2D eigenvalue weighted by molar-refractivity contribution is 7.91. The third kappa shape index (κ3) is 4.57. The lowest BCUT2D eigenvalue weighted by Gasteiger charge is -2.17. The zero-order valence-electron chi connectivity index (χ0n) is 17.4. The highest BCUT2D eigenvalue weighted by Gasteiger charge is 2.37. The van der Waals surface area contributed by atoms with Crippen LogP contribution in [0.4, 0.5) is 0 Å². The van der Waals surface area contributed by atoms with Crippen molar-refractivity contribution in [2.75, 3.05) is 35.0 Å². The summed E-state index contributed by atoms with van der Waals surface area (Å²) in [6.45, 7) is 0.101. The third-order valence-corrected chi connectivity index (χ3v) is 5.92. The summed E-state index contributed by atoms with van der Waals surface area (Å²) in [4.78, 5) is -0.0269. The second kappa shape index (κ2) is 9.23. The van der Waals surface area contributed by atoms with Crippen molar-refractivity contribution in [2.45, 2.75) is 10.9 Å². The van der Waals surface area contributed by atoms with E-state index in [0.717, 1.165) is 0 Å². The lowest BCUT2D eigenvalue weighted by Crippen LogP contribution is -2.37. The van der Waals surface area contributed by atoms with E-state index in [1.54, 1.807) is 18.2 Å². The van der Waals surface area contributed by atoms with Crippen LogP contribution in [0.15, 0.2) is 44.7 Å². The molecule has 0 aromatic heterocycles. The van der Waals surface area contributed by atoms with Crippen LogP contribution in [0.25, 0.3) is 0 Å². The van der Waals surface area contributed by atoms with Gasteiger partial charge in [0.25, 0.3) is 10.0 Å². The average Bonchev–Trinajstić information content (AvgIpc) is 3.04. The fourth-order valence-corrected chi connectivity index (χ4v) is 4.51. The molecule has 31 heavy (non-hydrogen) atoms. The van der Waals surface area contributed by atoms with Gasteiger partial charge in [0.05, 0.1) is 39.9 Å². The van der Waals surface area contributed by atoms with Crippen molar-refractivity contribution in [3.8, 4) is 23.0 Å². The van der Waals surface area contributed by atoms with Gasteiger partial charge in [-0.05, 0) is 29.8 Å². The first-order chi connectivity index (χ1) is 14.8. The van der Waals surface area contributed by atoms with Gasteiger partial charge in [0, 0.05) is 18.7 Å². The summed E-state index contributed by atoms with van der Waals surface area (Å²) in [7, 11) is 1.82. The first-order valence-electron chi connectivity index (χ1n) is 9.10. The van der Waals surface area contributed by atoms with Crippen molar-refractivity contribution in [2.24, 2.45) is 9.50 Å². The van der Waals surface area contributed by atoms with Crippen LogP contribution in [0, 0.1) is 0 Å². The topological polar surface area (TPSA) is 128 Å². The zero-order chi connectivity index (χ0) is 22.6. The Balaban J connectivity index is 1.94.